The van der Waals surface area contributed by atoms with Gasteiger partial charge in [-0.15, -0.1) is 11.3 Å². The second-order valence-corrected chi connectivity index (χ2v) is 8.25. The third-order valence-corrected chi connectivity index (χ3v) is 5.80. The molecule has 0 radical (unpaired) electrons. The Bertz CT molecular complexity index is 516. The number of nitrogens with one attached hydrogen (secondary N) is 1. The Morgan fingerprint density at radius 3 is 2.57 bits per heavy atom. The number of hydrogen-bond donors (Lipinski definition) is 1. The van der Waals surface area contributed by atoms with E-state index in [0.717, 1.165) is 36.6 Å². The summed E-state index contributed by atoms with van der Waals surface area (Å²) in [6, 6.07) is 0. The van der Waals surface area contributed by atoms with Crippen LogP contribution >= 0.6 is 11.3 Å². The third kappa shape index (κ3) is 5.99. The molecule has 0 bridgehead atoms. The average Bonchev–Trinajstić information content (AvgIpc) is 2.83. The minimum absolute atomic E-state index is 0.311. The highest BCUT2D eigenvalue weighted by atomic mass is 32.2. The van der Waals surface area contributed by atoms with E-state index in [2.05, 4.69) is 17.2 Å². The quantitative estimate of drug-likeness (QED) is 0.658. The molecule has 0 amide bonds. The molecular formula is C13H26N4O2S2. The van der Waals surface area contributed by atoms with Crippen molar-refractivity contribution in [2.24, 2.45) is 0 Å². The van der Waals surface area contributed by atoms with Gasteiger partial charge in [0.1, 0.15) is 0 Å². The van der Waals surface area contributed by atoms with E-state index in [1.54, 1.807) is 14.1 Å². The minimum atomic E-state index is -3.42. The van der Waals surface area contributed by atoms with Gasteiger partial charge < -0.3 is 5.32 Å². The Kier molecular flexibility index (Phi) is 7.75. The van der Waals surface area contributed by atoms with E-state index in [1.165, 1.54) is 19.9 Å². The molecule has 122 valence electrons. The summed E-state index contributed by atoms with van der Waals surface area (Å²) in [5.41, 5.74) is 0.793. The number of thiazole rings is 1. The molecule has 0 saturated carbocycles. The zero-order chi connectivity index (χ0) is 15.9. The second-order valence-electron chi connectivity index (χ2n) is 5.05. The van der Waals surface area contributed by atoms with Gasteiger partial charge in [-0.05, 0) is 32.9 Å². The Balaban J connectivity index is 2.46. The van der Waals surface area contributed by atoms with Crippen molar-refractivity contribution in [1.82, 2.24) is 18.9 Å². The first-order chi connectivity index (χ1) is 9.87. The van der Waals surface area contributed by atoms with Crippen LogP contribution in [0.5, 0.6) is 0 Å². The molecule has 0 fully saturated rings. The molecule has 0 aliphatic heterocycles. The van der Waals surface area contributed by atoms with E-state index in [0.29, 0.717) is 13.1 Å². The summed E-state index contributed by atoms with van der Waals surface area (Å²) in [6.45, 7) is 6.66. The highest BCUT2D eigenvalue weighted by Crippen LogP contribution is 2.13. The van der Waals surface area contributed by atoms with Crippen molar-refractivity contribution in [2.75, 3.05) is 33.7 Å². The largest absolute Gasteiger partial charge is 0.317 e. The summed E-state index contributed by atoms with van der Waals surface area (Å²) in [7, 11) is -0.201. The number of aromatic nitrogens is 1. The molecule has 1 heterocycles. The molecule has 1 aromatic rings. The standard InChI is InChI=1S/C13H26N4O2S2/c1-5-7-14-8-6-9-16(3)21(18,19)17(4)10-13-11-20-12(2)15-13/h11,14H,5-10H2,1-4H3. The fourth-order valence-electron chi connectivity index (χ4n) is 1.87. The molecule has 6 nitrogen and oxygen atoms in total. The highest BCUT2D eigenvalue weighted by Gasteiger charge is 2.23. The van der Waals surface area contributed by atoms with Crippen molar-refractivity contribution in [3.05, 3.63) is 16.1 Å². The summed E-state index contributed by atoms with van der Waals surface area (Å²) in [5, 5.41) is 6.12. The van der Waals surface area contributed by atoms with Crippen LogP contribution in [0.4, 0.5) is 0 Å². The molecule has 1 N–H and O–H groups in total. The van der Waals surface area contributed by atoms with Crippen molar-refractivity contribution in [3.63, 3.8) is 0 Å². The monoisotopic (exact) mass is 334 g/mol. The maximum Gasteiger partial charge on any atom is 0.281 e. The Hall–Kier alpha value is -0.540. The topological polar surface area (TPSA) is 65.5 Å². The van der Waals surface area contributed by atoms with E-state index in [-0.39, 0.29) is 0 Å². The highest BCUT2D eigenvalue weighted by molar-refractivity contribution is 7.86. The van der Waals surface area contributed by atoms with Crippen LogP contribution in [0.25, 0.3) is 0 Å². The van der Waals surface area contributed by atoms with Gasteiger partial charge in [0.05, 0.1) is 17.2 Å². The first-order valence-corrected chi connectivity index (χ1v) is 9.45. The molecule has 0 aliphatic carbocycles. The van der Waals surface area contributed by atoms with Gasteiger partial charge in [0, 0.05) is 26.0 Å². The number of nitrogens with zero attached hydrogens (tertiary/aromatic N) is 3. The lowest BCUT2D eigenvalue weighted by atomic mass is 10.4. The van der Waals surface area contributed by atoms with Gasteiger partial charge in [0.25, 0.3) is 10.2 Å². The molecule has 0 unspecified atom stereocenters. The second kappa shape index (κ2) is 8.79. The van der Waals surface area contributed by atoms with Crippen molar-refractivity contribution >= 4 is 21.5 Å². The van der Waals surface area contributed by atoms with Crippen LogP contribution in [-0.2, 0) is 16.8 Å². The summed E-state index contributed by atoms with van der Waals surface area (Å²) in [4.78, 5) is 4.30. The molecule has 21 heavy (non-hydrogen) atoms. The molecule has 0 atom stereocenters. The normalized spacial score (nSPS) is 12.5. The minimum Gasteiger partial charge on any atom is -0.317 e. The Morgan fingerprint density at radius 2 is 2.00 bits per heavy atom. The van der Waals surface area contributed by atoms with E-state index in [4.69, 9.17) is 0 Å². The fourth-order valence-corrected chi connectivity index (χ4v) is 3.61. The first-order valence-electron chi connectivity index (χ1n) is 7.17. The van der Waals surface area contributed by atoms with Gasteiger partial charge >= 0.3 is 0 Å². The predicted octanol–water partition coefficient (Wildman–Crippen LogP) is 1.45. The van der Waals surface area contributed by atoms with Gasteiger partial charge in [-0.1, -0.05) is 6.92 Å². The SMILES string of the molecule is CCCNCCCN(C)S(=O)(=O)N(C)Cc1csc(C)n1. The molecular weight excluding hydrogens is 308 g/mol. The van der Waals surface area contributed by atoms with Crippen molar-refractivity contribution < 1.29 is 8.42 Å². The summed E-state index contributed by atoms with van der Waals surface area (Å²) in [5.74, 6) is 0. The maximum atomic E-state index is 12.4. The number of aryl methyl sites for hydroxylation is 1. The van der Waals surface area contributed by atoms with Crippen molar-refractivity contribution in [2.45, 2.75) is 33.2 Å². The van der Waals surface area contributed by atoms with Gasteiger partial charge in [-0.2, -0.15) is 17.0 Å². The zero-order valence-corrected chi connectivity index (χ0v) is 14.9. The van der Waals surface area contributed by atoms with Crippen LogP contribution in [0.3, 0.4) is 0 Å². The van der Waals surface area contributed by atoms with Gasteiger partial charge in [-0.25, -0.2) is 4.98 Å². The van der Waals surface area contributed by atoms with Crippen molar-refractivity contribution in [3.8, 4) is 0 Å². The van der Waals surface area contributed by atoms with E-state index < -0.39 is 10.2 Å². The third-order valence-electron chi connectivity index (χ3n) is 3.09. The van der Waals surface area contributed by atoms with E-state index >= 15 is 0 Å². The average molecular weight is 335 g/mol. The fraction of sp³-hybridized carbons (Fsp3) is 0.769. The van der Waals surface area contributed by atoms with Gasteiger partial charge in [0.2, 0.25) is 0 Å². The van der Waals surface area contributed by atoms with Crippen LogP contribution in [0.2, 0.25) is 0 Å². The Morgan fingerprint density at radius 1 is 1.29 bits per heavy atom. The summed E-state index contributed by atoms with van der Waals surface area (Å²) >= 11 is 1.53. The predicted molar refractivity (Wildman–Crippen MR) is 87.6 cm³/mol. The molecule has 0 spiro atoms. The molecule has 8 heteroatoms. The first kappa shape index (κ1) is 18.5. The van der Waals surface area contributed by atoms with Crippen LogP contribution in [0.15, 0.2) is 5.38 Å². The lowest BCUT2D eigenvalue weighted by Gasteiger charge is -2.23. The molecule has 1 rings (SSSR count). The molecule has 1 aromatic heterocycles. The summed E-state index contributed by atoms with van der Waals surface area (Å²) < 4.78 is 27.5. The van der Waals surface area contributed by atoms with Crippen LogP contribution < -0.4 is 5.32 Å². The Labute approximate surface area is 132 Å². The number of rotatable bonds is 10. The lowest BCUT2D eigenvalue weighted by Crippen LogP contribution is -2.40. The van der Waals surface area contributed by atoms with Gasteiger partial charge in [0.15, 0.2) is 0 Å². The van der Waals surface area contributed by atoms with E-state index in [1.807, 2.05) is 12.3 Å². The van der Waals surface area contributed by atoms with E-state index in [9.17, 15) is 8.42 Å². The van der Waals surface area contributed by atoms with Crippen LogP contribution in [0, 0.1) is 6.92 Å². The zero-order valence-electron chi connectivity index (χ0n) is 13.3. The lowest BCUT2D eigenvalue weighted by molar-refractivity contribution is 0.382. The number of hydrogen-bond acceptors (Lipinski definition) is 5. The molecule has 0 saturated heterocycles. The molecule has 0 aromatic carbocycles. The van der Waals surface area contributed by atoms with Crippen LogP contribution in [-0.4, -0.2) is 55.7 Å². The molecule has 0 aliphatic rings. The van der Waals surface area contributed by atoms with Gasteiger partial charge in [-0.3, -0.25) is 0 Å². The summed E-state index contributed by atoms with van der Waals surface area (Å²) in [6.07, 6.45) is 1.89. The smallest absolute Gasteiger partial charge is 0.281 e. The van der Waals surface area contributed by atoms with Crippen LogP contribution in [0.1, 0.15) is 30.5 Å². The van der Waals surface area contributed by atoms with Crippen molar-refractivity contribution in [1.29, 1.82) is 0 Å². The maximum absolute atomic E-state index is 12.4.